The summed E-state index contributed by atoms with van der Waals surface area (Å²) >= 11 is 0. The molecule has 0 aromatic rings. The first-order valence-corrected chi connectivity index (χ1v) is 5.21. The molecule has 0 amide bonds. The van der Waals surface area contributed by atoms with Gasteiger partial charge < -0.3 is 45.8 Å². The first kappa shape index (κ1) is 28.4. The van der Waals surface area contributed by atoms with Crippen molar-refractivity contribution < 1.29 is 56.7 Å². The van der Waals surface area contributed by atoms with E-state index in [4.69, 9.17) is 0 Å². The predicted octanol–water partition coefficient (Wildman–Crippen LogP) is -6.79. The number of quaternary nitrogens is 1. The van der Waals surface area contributed by atoms with E-state index >= 15 is 0 Å². The maximum Gasteiger partial charge on any atom is 3.00 e. The van der Waals surface area contributed by atoms with Crippen molar-refractivity contribution in [2.75, 3.05) is 40.3 Å². The third kappa shape index (κ3) is 26.8. The van der Waals surface area contributed by atoms with Gasteiger partial charge in [0.1, 0.15) is 0 Å². The molecule has 0 aliphatic rings. The Morgan fingerprint density at radius 1 is 0.636 bits per heavy atom. The van der Waals surface area contributed by atoms with Crippen molar-refractivity contribution in [1.82, 2.24) is 16.0 Å². The van der Waals surface area contributed by atoms with Gasteiger partial charge in [-0.25, -0.2) is 0 Å². The predicted molar refractivity (Wildman–Crippen MR) is 61.0 cm³/mol. The third-order valence-corrected chi connectivity index (χ3v) is 1.60. The molecule has 0 bridgehead atoms. The molecule has 0 aliphatic carbocycles. The number of carboxylic acids is 4. The van der Waals surface area contributed by atoms with E-state index in [9.17, 15) is 39.6 Å². The summed E-state index contributed by atoms with van der Waals surface area (Å²) in [7, 11) is 2.71. The van der Waals surface area contributed by atoms with Gasteiger partial charge in [-0.1, -0.05) is 0 Å². The van der Waals surface area contributed by atoms with Crippen LogP contribution in [0.4, 0.5) is 0 Å². The fraction of sp³-hybridized carbons (Fsp3) is 0.600. The Morgan fingerprint density at radius 3 is 0.864 bits per heavy atom. The molecule has 0 spiro atoms. The maximum atomic E-state index is 9.83. The van der Waals surface area contributed by atoms with Crippen molar-refractivity contribution in [1.29, 1.82) is 0 Å². The summed E-state index contributed by atoms with van der Waals surface area (Å²) in [6.07, 6.45) is 0. The van der Waals surface area contributed by atoms with E-state index in [1.165, 1.54) is 14.1 Å². The number of carbonyl (C=O) groups is 4. The summed E-state index contributed by atoms with van der Waals surface area (Å²) < 4.78 is 0. The van der Waals surface area contributed by atoms with Crippen molar-refractivity contribution in [3.05, 3.63) is 0 Å². The van der Waals surface area contributed by atoms with Crippen LogP contribution in [-0.2, 0) is 36.2 Å². The molecule has 0 saturated heterocycles. The Bertz CT molecular complexity index is 300. The van der Waals surface area contributed by atoms with Crippen LogP contribution >= 0.6 is 0 Å². The molecule has 129 valence electrons. The van der Waals surface area contributed by atoms with Crippen LogP contribution in [0.2, 0.25) is 0 Å². The number of hydrogen-bond acceptors (Lipinski definition) is 10. The van der Waals surface area contributed by atoms with Gasteiger partial charge in [0.15, 0.2) is 0 Å². The topological polar surface area (TPSA) is 204 Å². The largest absolute Gasteiger partial charge is 3.00 e. The Kier molecular flexibility index (Phi) is 20.3. The molecule has 0 aromatic heterocycles. The summed E-state index contributed by atoms with van der Waals surface area (Å²) in [4.78, 5) is 41.4. The van der Waals surface area contributed by atoms with Gasteiger partial charge in [0.05, 0.1) is 23.9 Å². The molecule has 12 heteroatoms. The standard InChI is InChI=1S/2C5H9NO4.Fe.H3N/c2*1-6(2-4(7)8)3-5(9)10;;/h2*2-3H2,1H3,(H,7,8)(H,9,10);;1H3/q;;+3;/p-3. The minimum absolute atomic E-state index is 0. The van der Waals surface area contributed by atoms with Crippen molar-refractivity contribution in [2.45, 2.75) is 0 Å². The van der Waals surface area contributed by atoms with Gasteiger partial charge in [-0.3, -0.25) is 9.80 Å². The summed E-state index contributed by atoms with van der Waals surface area (Å²) in [5.74, 6) is -5.21. The summed E-state index contributed by atoms with van der Waals surface area (Å²) in [6.45, 7) is -1.58. The molecule has 0 saturated carbocycles. The SMILES string of the molecule is CN(CC(=O)[O-])CC(=O)[O-].CN(CC(=O)[O-])CC(=O)[O-].[Fe+3].[NH4+]. The van der Waals surface area contributed by atoms with Crippen LogP contribution in [0.3, 0.4) is 0 Å². The third-order valence-electron chi connectivity index (χ3n) is 1.60. The fourth-order valence-corrected chi connectivity index (χ4v) is 0.993. The van der Waals surface area contributed by atoms with Crippen LogP contribution in [0.5, 0.6) is 0 Å². The molecular formula is C10H18FeN3O8. The molecule has 22 heavy (non-hydrogen) atoms. The molecule has 0 rings (SSSR count). The van der Waals surface area contributed by atoms with E-state index < -0.39 is 50.1 Å². The van der Waals surface area contributed by atoms with E-state index in [1.807, 2.05) is 0 Å². The van der Waals surface area contributed by atoms with Crippen LogP contribution < -0.4 is 26.6 Å². The Labute approximate surface area is 137 Å². The molecule has 11 nitrogen and oxygen atoms in total. The molecule has 1 radical (unpaired) electrons. The number of carbonyl (C=O) groups excluding carboxylic acids is 4. The molecule has 0 atom stereocenters. The second-order valence-corrected chi connectivity index (χ2v) is 3.83. The van der Waals surface area contributed by atoms with Crippen molar-refractivity contribution >= 4 is 23.9 Å². The quantitative estimate of drug-likeness (QED) is 0.403. The first-order chi connectivity index (χ1) is 9.04. The van der Waals surface area contributed by atoms with E-state index in [0.29, 0.717) is 0 Å². The number of aliphatic carboxylic acids is 4. The molecular weight excluding hydrogens is 346 g/mol. The van der Waals surface area contributed by atoms with Crippen molar-refractivity contribution in [3.63, 3.8) is 0 Å². The normalized spacial score (nSPS) is 8.91. The summed E-state index contributed by atoms with van der Waals surface area (Å²) in [6, 6.07) is 0. The van der Waals surface area contributed by atoms with Crippen LogP contribution in [-0.4, -0.2) is 74.0 Å². The van der Waals surface area contributed by atoms with E-state index in [1.54, 1.807) is 0 Å². The molecule has 4 N–H and O–H groups in total. The van der Waals surface area contributed by atoms with E-state index in [-0.39, 0.29) is 23.2 Å². The second kappa shape index (κ2) is 15.7. The van der Waals surface area contributed by atoms with Crippen LogP contribution in [0.1, 0.15) is 0 Å². The number of hydrogen-bond donors (Lipinski definition) is 1. The summed E-state index contributed by atoms with van der Waals surface area (Å²) in [5, 5.41) is 39.3. The van der Waals surface area contributed by atoms with Gasteiger partial charge in [0.2, 0.25) is 0 Å². The van der Waals surface area contributed by atoms with Gasteiger partial charge in [-0.15, -0.1) is 0 Å². The average molecular weight is 364 g/mol. The van der Waals surface area contributed by atoms with Gasteiger partial charge in [0.25, 0.3) is 0 Å². The number of likely N-dealkylation sites (N-methyl/N-ethyl adjacent to an activating group) is 2. The zero-order valence-electron chi connectivity index (χ0n) is 12.3. The Balaban J connectivity index is -0.000000135. The van der Waals surface area contributed by atoms with Crippen molar-refractivity contribution in [3.8, 4) is 0 Å². The second-order valence-electron chi connectivity index (χ2n) is 3.83. The fourth-order valence-electron chi connectivity index (χ4n) is 0.993. The van der Waals surface area contributed by atoms with Gasteiger partial charge in [-0.2, -0.15) is 0 Å². The maximum absolute atomic E-state index is 9.83. The molecule has 0 unspecified atom stereocenters. The number of carboxylic acid groups (broad SMARTS) is 4. The molecule has 0 aromatic carbocycles. The minimum atomic E-state index is -1.30. The number of rotatable bonds is 8. The summed E-state index contributed by atoms with van der Waals surface area (Å²) in [5.41, 5.74) is 0. The van der Waals surface area contributed by atoms with Crippen molar-refractivity contribution in [2.24, 2.45) is 0 Å². The smallest absolute Gasteiger partial charge is 0.549 e. The van der Waals surface area contributed by atoms with Crippen LogP contribution in [0, 0.1) is 0 Å². The monoisotopic (exact) mass is 364 g/mol. The zero-order valence-corrected chi connectivity index (χ0v) is 13.4. The first-order valence-electron chi connectivity index (χ1n) is 5.21. The van der Waals surface area contributed by atoms with Gasteiger partial charge >= 0.3 is 17.1 Å². The molecule has 0 aliphatic heterocycles. The Morgan fingerprint density at radius 2 is 0.773 bits per heavy atom. The minimum Gasteiger partial charge on any atom is -0.549 e. The van der Waals surface area contributed by atoms with Gasteiger partial charge in [-0.05, 0) is 14.1 Å². The molecule has 0 fully saturated rings. The number of nitrogens with zero attached hydrogens (tertiary/aromatic N) is 2. The van der Waals surface area contributed by atoms with E-state index in [2.05, 4.69) is 0 Å². The zero-order chi connectivity index (χ0) is 16.3. The van der Waals surface area contributed by atoms with Crippen LogP contribution in [0.15, 0.2) is 0 Å². The average Bonchev–Trinajstić information content (AvgIpc) is 2.11. The Hall–Kier alpha value is -1.72. The van der Waals surface area contributed by atoms with Crippen LogP contribution in [0.25, 0.3) is 0 Å². The van der Waals surface area contributed by atoms with Gasteiger partial charge in [0, 0.05) is 26.2 Å². The molecule has 0 heterocycles. The van der Waals surface area contributed by atoms with E-state index in [0.717, 1.165) is 9.80 Å².